The molecule has 19 heavy (non-hydrogen) atoms. The largest absolute Gasteiger partial charge is 0.481 e. The third kappa shape index (κ3) is 1.54. The van der Waals surface area contributed by atoms with Gasteiger partial charge in [-0.3, -0.25) is 9.59 Å². The lowest BCUT2D eigenvalue weighted by Gasteiger charge is -2.51. The second kappa shape index (κ2) is 3.73. The zero-order chi connectivity index (χ0) is 13.8. The molecular formula is C14H15NO4. The Morgan fingerprint density at radius 3 is 2.84 bits per heavy atom. The summed E-state index contributed by atoms with van der Waals surface area (Å²) in [6, 6.07) is 7.35. The molecule has 2 aliphatic rings. The Balaban J connectivity index is 2.17. The molecule has 5 nitrogen and oxygen atoms in total. The normalized spacial score (nSPS) is 32.5. The predicted octanol–water partition coefficient (Wildman–Crippen LogP) is 1.44. The van der Waals surface area contributed by atoms with Gasteiger partial charge in [-0.05, 0) is 18.6 Å². The molecule has 1 aromatic rings. The maximum Gasteiger partial charge on any atom is 0.316 e. The lowest BCUT2D eigenvalue weighted by atomic mass is 9.74. The van der Waals surface area contributed by atoms with Gasteiger partial charge in [-0.15, -0.1) is 0 Å². The molecule has 2 aliphatic heterocycles. The maximum atomic E-state index is 12.3. The Morgan fingerprint density at radius 2 is 2.16 bits per heavy atom. The molecule has 0 unspecified atom stereocenters. The van der Waals surface area contributed by atoms with Crippen LogP contribution in [0.15, 0.2) is 24.3 Å². The van der Waals surface area contributed by atoms with E-state index in [9.17, 15) is 14.7 Å². The molecular weight excluding hydrogens is 246 g/mol. The SMILES string of the molecule is CN1C(=O)[C@H](C(=O)O)[C@@H]2C[C@@]1(C)Oc1ccccc12. The van der Waals surface area contributed by atoms with E-state index in [1.54, 1.807) is 7.05 Å². The van der Waals surface area contributed by atoms with E-state index in [4.69, 9.17) is 4.74 Å². The minimum absolute atomic E-state index is 0.323. The van der Waals surface area contributed by atoms with Crippen LogP contribution in [0.2, 0.25) is 0 Å². The number of carbonyl (C=O) groups excluding carboxylic acids is 1. The number of fused-ring (bicyclic) bond motifs is 4. The van der Waals surface area contributed by atoms with Gasteiger partial charge in [0.2, 0.25) is 5.91 Å². The first-order valence-electron chi connectivity index (χ1n) is 6.22. The number of amides is 1. The number of hydrogen-bond donors (Lipinski definition) is 1. The molecule has 0 spiro atoms. The highest BCUT2D eigenvalue weighted by Crippen LogP contribution is 2.49. The molecule has 0 radical (unpaired) electrons. The van der Waals surface area contributed by atoms with Crippen LogP contribution in [-0.2, 0) is 9.59 Å². The molecule has 2 heterocycles. The number of nitrogens with zero attached hydrogens (tertiary/aromatic N) is 1. The second-order valence-electron chi connectivity index (χ2n) is 5.34. The number of ether oxygens (including phenoxy) is 1. The summed E-state index contributed by atoms with van der Waals surface area (Å²) in [5.74, 6) is -2.13. The van der Waals surface area contributed by atoms with Gasteiger partial charge < -0.3 is 14.7 Å². The van der Waals surface area contributed by atoms with Crippen molar-refractivity contribution in [1.29, 1.82) is 0 Å². The Bertz CT molecular complexity index is 570. The third-order valence-electron chi connectivity index (χ3n) is 4.22. The zero-order valence-corrected chi connectivity index (χ0v) is 10.8. The van der Waals surface area contributed by atoms with Gasteiger partial charge >= 0.3 is 5.97 Å². The first-order valence-corrected chi connectivity index (χ1v) is 6.22. The van der Waals surface area contributed by atoms with E-state index in [-0.39, 0.29) is 11.8 Å². The molecule has 0 aliphatic carbocycles. The molecule has 100 valence electrons. The summed E-state index contributed by atoms with van der Waals surface area (Å²) < 4.78 is 5.91. The van der Waals surface area contributed by atoms with Gasteiger partial charge in [0.15, 0.2) is 5.72 Å². The van der Waals surface area contributed by atoms with Crippen molar-refractivity contribution in [2.24, 2.45) is 5.92 Å². The van der Waals surface area contributed by atoms with Crippen molar-refractivity contribution in [1.82, 2.24) is 4.90 Å². The summed E-state index contributed by atoms with van der Waals surface area (Å²) in [5.41, 5.74) is 0.0519. The number of aliphatic carboxylic acids is 1. The van der Waals surface area contributed by atoms with Crippen molar-refractivity contribution >= 4 is 11.9 Å². The predicted molar refractivity (Wildman–Crippen MR) is 66.7 cm³/mol. The number of carboxylic acids is 1. The maximum absolute atomic E-state index is 12.3. The molecule has 0 aromatic heterocycles. The summed E-state index contributed by atoms with van der Waals surface area (Å²) >= 11 is 0. The van der Waals surface area contributed by atoms with Gasteiger partial charge in [-0.2, -0.15) is 0 Å². The first kappa shape index (κ1) is 12.0. The van der Waals surface area contributed by atoms with Crippen molar-refractivity contribution < 1.29 is 19.4 Å². The van der Waals surface area contributed by atoms with Crippen molar-refractivity contribution in [3.8, 4) is 5.75 Å². The van der Waals surface area contributed by atoms with Crippen LogP contribution < -0.4 is 4.74 Å². The molecule has 3 rings (SSSR count). The lowest BCUT2D eigenvalue weighted by molar-refractivity contribution is -0.176. The van der Waals surface area contributed by atoms with Crippen molar-refractivity contribution in [2.75, 3.05) is 7.05 Å². The fraction of sp³-hybridized carbons (Fsp3) is 0.429. The van der Waals surface area contributed by atoms with Crippen molar-refractivity contribution in [3.05, 3.63) is 29.8 Å². The molecule has 2 bridgehead atoms. The van der Waals surface area contributed by atoms with Gasteiger partial charge in [0, 0.05) is 19.4 Å². The molecule has 1 amide bonds. The average Bonchev–Trinajstić information content (AvgIpc) is 2.36. The van der Waals surface area contributed by atoms with E-state index in [0.717, 1.165) is 5.56 Å². The van der Waals surface area contributed by atoms with Gasteiger partial charge in [0.05, 0.1) is 0 Å². The standard InChI is InChI=1S/C14H15NO4/c1-14-7-9(8-5-3-4-6-10(8)19-14)11(13(17)18)12(16)15(14)2/h3-6,9,11H,7H2,1-2H3,(H,17,18)/t9-,11-,14-/m1/s1. The van der Waals surface area contributed by atoms with Crippen LogP contribution >= 0.6 is 0 Å². The minimum atomic E-state index is -1.07. The number of rotatable bonds is 1. The highest BCUT2D eigenvalue weighted by molar-refractivity contribution is 5.99. The first-order chi connectivity index (χ1) is 8.94. The lowest BCUT2D eigenvalue weighted by Crippen LogP contribution is -2.62. The van der Waals surface area contributed by atoms with E-state index in [2.05, 4.69) is 0 Å². The fourth-order valence-electron chi connectivity index (χ4n) is 3.07. The number of para-hydroxylation sites is 1. The van der Waals surface area contributed by atoms with Crippen LogP contribution in [0.25, 0.3) is 0 Å². The fourth-order valence-corrected chi connectivity index (χ4v) is 3.07. The van der Waals surface area contributed by atoms with Crippen molar-refractivity contribution in [2.45, 2.75) is 25.0 Å². The molecule has 3 atom stereocenters. The van der Waals surface area contributed by atoms with E-state index in [0.29, 0.717) is 12.2 Å². The van der Waals surface area contributed by atoms with Gasteiger partial charge in [0.25, 0.3) is 0 Å². The zero-order valence-electron chi connectivity index (χ0n) is 10.8. The van der Waals surface area contributed by atoms with Gasteiger partial charge in [-0.25, -0.2) is 0 Å². The highest BCUT2D eigenvalue weighted by Gasteiger charge is 2.54. The van der Waals surface area contributed by atoms with Crippen LogP contribution in [-0.4, -0.2) is 34.7 Å². The van der Waals surface area contributed by atoms with Crippen LogP contribution in [0.3, 0.4) is 0 Å². The number of piperidine rings is 1. The van der Waals surface area contributed by atoms with Crippen LogP contribution in [0.1, 0.15) is 24.8 Å². The van der Waals surface area contributed by atoms with E-state index >= 15 is 0 Å². The monoisotopic (exact) mass is 261 g/mol. The average molecular weight is 261 g/mol. The quantitative estimate of drug-likeness (QED) is 0.777. The van der Waals surface area contributed by atoms with E-state index < -0.39 is 17.6 Å². The summed E-state index contributed by atoms with van der Waals surface area (Å²) in [7, 11) is 1.60. The number of hydrogen-bond acceptors (Lipinski definition) is 3. The summed E-state index contributed by atoms with van der Waals surface area (Å²) in [6.45, 7) is 1.83. The second-order valence-corrected chi connectivity index (χ2v) is 5.34. The van der Waals surface area contributed by atoms with Gasteiger partial charge in [0.1, 0.15) is 11.7 Å². The van der Waals surface area contributed by atoms with E-state index in [1.807, 2.05) is 31.2 Å². The Kier molecular flexibility index (Phi) is 2.36. The number of likely N-dealkylation sites (tertiary alicyclic amines) is 1. The van der Waals surface area contributed by atoms with E-state index in [1.165, 1.54) is 4.90 Å². The van der Waals surface area contributed by atoms with Crippen LogP contribution in [0, 0.1) is 5.92 Å². The third-order valence-corrected chi connectivity index (χ3v) is 4.22. The molecule has 0 saturated carbocycles. The Hall–Kier alpha value is -2.04. The van der Waals surface area contributed by atoms with Crippen LogP contribution in [0.4, 0.5) is 0 Å². The summed E-state index contributed by atoms with van der Waals surface area (Å²) in [6.07, 6.45) is 0.503. The highest BCUT2D eigenvalue weighted by atomic mass is 16.5. The van der Waals surface area contributed by atoms with Crippen LogP contribution in [0.5, 0.6) is 5.75 Å². The Morgan fingerprint density at radius 1 is 1.47 bits per heavy atom. The smallest absolute Gasteiger partial charge is 0.316 e. The molecule has 5 heteroatoms. The molecule has 1 N–H and O–H groups in total. The number of carbonyl (C=O) groups is 2. The number of benzene rings is 1. The summed E-state index contributed by atoms with van der Waals surface area (Å²) in [5, 5.41) is 9.36. The minimum Gasteiger partial charge on any atom is -0.481 e. The molecule has 1 saturated heterocycles. The van der Waals surface area contributed by atoms with Crippen molar-refractivity contribution in [3.63, 3.8) is 0 Å². The summed E-state index contributed by atoms with van der Waals surface area (Å²) in [4.78, 5) is 25.1. The molecule has 1 aromatic carbocycles. The number of carboxylic acid groups (broad SMARTS) is 1. The van der Waals surface area contributed by atoms with Gasteiger partial charge in [-0.1, -0.05) is 18.2 Å². The Labute approximate surface area is 110 Å². The molecule has 1 fully saturated rings. The topological polar surface area (TPSA) is 66.8 Å².